The van der Waals surface area contributed by atoms with Crippen LogP contribution in [-0.4, -0.2) is 43.2 Å². The molecule has 0 atom stereocenters. The Labute approximate surface area is 121 Å². The molecule has 0 aliphatic heterocycles. The van der Waals surface area contributed by atoms with Gasteiger partial charge in [-0.2, -0.15) is 11.8 Å². The van der Waals surface area contributed by atoms with Crippen LogP contribution in [0.4, 0.5) is 11.4 Å². The third-order valence-corrected chi connectivity index (χ3v) is 5.08. The number of nitrogens with two attached hydrogens (primary N) is 1. The Kier molecular flexibility index (Phi) is 5.74. The van der Waals surface area contributed by atoms with E-state index in [2.05, 4.69) is 5.43 Å². The van der Waals surface area contributed by atoms with E-state index in [9.17, 15) is 18.5 Å². The first kappa shape index (κ1) is 16.7. The van der Waals surface area contributed by atoms with Gasteiger partial charge in [0.1, 0.15) is 5.69 Å². The fourth-order valence-corrected chi connectivity index (χ4v) is 3.23. The van der Waals surface area contributed by atoms with Crippen molar-refractivity contribution in [2.24, 2.45) is 5.84 Å². The van der Waals surface area contributed by atoms with Gasteiger partial charge in [0.05, 0.1) is 9.82 Å². The second kappa shape index (κ2) is 6.88. The maximum Gasteiger partial charge on any atom is 0.294 e. The molecular weight excluding hydrogens is 304 g/mol. The second-order valence-corrected chi connectivity index (χ2v) is 6.93. The van der Waals surface area contributed by atoms with Gasteiger partial charge in [-0.1, -0.05) is 0 Å². The molecule has 1 aromatic rings. The molecular formula is C10H16N4O4S2. The molecule has 112 valence electrons. The third-order valence-electron chi connectivity index (χ3n) is 2.64. The Hall–Kier alpha value is -1.36. The van der Waals surface area contributed by atoms with Gasteiger partial charge in [-0.05, 0) is 18.4 Å². The van der Waals surface area contributed by atoms with Gasteiger partial charge in [-0.3, -0.25) is 16.0 Å². The smallest absolute Gasteiger partial charge is 0.294 e. The zero-order valence-electron chi connectivity index (χ0n) is 11.1. The number of nitro groups is 1. The van der Waals surface area contributed by atoms with E-state index in [4.69, 9.17) is 5.84 Å². The summed E-state index contributed by atoms with van der Waals surface area (Å²) in [5.74, 6) is 5.80. The molecule has 0 saturated carbocycles. The zero-order valence-corrected chi connectivity index (χ0v) is 12.7. The molecule has 0 heterocycles. The molecule has 3 N–H and O–H groups in total. The molecule has 0 saturated heterocycles. The minimum absolute atomic E-state index is 0.0562. The van der Waals surface area contributed by atoms with E-state index in [1.807, 2.05) is 6.26 Å². The van der Waals surface area contributed by atoms with Gasteiger partial charge in [0.15, 0.2) is 0 Å². The number of hydrogen-bond acceptors (Lipinski definition) is 7. The lowest BCUT2D eigenvalue weighted by Gasteiger charge is -2.16. The molecule has 1 aromatic carbocycles. The van der Waals surface area contributed by atoms with E-state index in [1.165, 1.54) is 30.9 Å². The average Bonchev–Trinajstić information content (AvgIpc) is 2.43. The highest BCUT2D eigenvalue weighted by Gasteiger charge is 2.24. The lowest BCUT2D eigenvalue weighted by Crippen LogP contribution is -2.29. The van der Waals surface area contributed by atoms with Crippen molar-refractivity contribution in [1.29, 1.82) is 0 Å². The fourth-order valence-electron chi connectivity index (χ4n) is 1.46. The van der Waals surface area contributed by atoms with E-state index in [-0.39, 0.29) is 16.3 Å². The van der Waals surface area contributed by atoms with Gasteiger partial charge in [0.2, 0.25) is 10.0 Å². The summed E-state index contributed by atoms with van der Waals surface area (Å²) in [6.07, 6.45) is 1.87. The van der Waals surface area contributed by atoms with E-state index < -0.39 is 14.9 Å². The Morgan fingerprint density at radius 1 is 1.50 bits per heavy atom. The Balaban J connectivity index is 3.19. The highest BCUT2D eigenvalue weighted by atomic mass is 32.2. The Morgan fingerprint density at radius 3 is 2.65 bits per heavy atom. The quantitative estimate of drug-likeness (QED) is 0.434. The Morgan fingerprint density at radius 2 is 2.15 bits per heavy atom. The predicted octanol–water partition coefficient (Wildman–Crippen LogP) is 0.864. The number of nitrogens with one attached hydrogen (secondary N) is 1. The monoisotopic (exact) mass is 320 g/mol. The van der Waals surface area contributed by atoms with Gasteiger partial charge >= 0.3 is 0 Å². The number of thioether (sulfide) groups is 1. The predicted molar refractivity (Wildman–Crippen MR) is 79.1 cm³/mol. The summed E-state index contributed by atoms with van der Waals surface area (Å²) < 4.78 is 25.7. The fraction of sp³-hybridized carbons (Fsp3) is 0.400. The largest absolute Gasteiger partial charge is 0.318 e. The summed E-state index contributed by atoms with van der Waals surface area (Å²) >= 11 is 1.51. The molecule has 0 aromatic heterocycles. The molecule has 0 fully saturated rings. The van der Waals surface area contributed by atoms with Crippen LogP contribution in [0.2, 0.25) is 0 Å². The first-order valence-electron chi connectivity index (χ1n) is 5.55. The lowest BCUT2D eigenvalue weighted by atomic mass is 10.3. The number of anilines is 1. The highest BCUT2D eigenvalue weighted by molar-refractivity contribution is 7.98. The van der Waals surface area contributed by atoms with Crippen molar-refractivity contribution < 1.29 is 13.3 Å². The molecule has 0 bridgehead atoms. The van der Waals surface area contributed by atoms with Crippen molar-refractivity contribution in [1.82, 2.24) is 4.31 Å². The number of hydrogen-bond donors (Lipinski definition) is 2. The molecule has 0 unspecified atom stereocenters. The van der Waals surface area contributed by atoms with E-state index in [0.29, 0.717) is 12.3 Å². The second-order valence-electron chi connectivity index (χ2n) is 3.90. The summed E-state index contributed by atoms with van der Waals surface area (Å²) in [4.78, 5) is 10.1. The molecule has 0 radical (unpaired) electrons. The summed E-state index contributed by atoms with van der Waals surface area (Å²) in [6.45, 7) is 0.328. The molecule has 20 heavy (non-hydrogen) atoms. The van der Waals surface area contributed by atoms with Crippen LogP contribution in [0.3, 0.4) is 0 Å². The normalized spacial score (nSPS) is 11.6. The number of nitrogens with zero attached hydrogens (tertiary/aromatic N) is 2. The lowest BCUT2D eigenvalue weighted by molar-refractivity contribution is -0.384. The van der Waals surface area contributed by atoms with Crippen molar-refractivity contribution in [2.45, 2.75) is 4.90 Å². The SMILES string of the molecule is CSCCN(C)S(=O)(=O)c1ccc(NN)c([N+](=O)[O-])c1. The zero-order chi connectivity index (χ0) is 15.3. The van der Waals surface area contributed by atoms with Crippen molar-refractivity contribution in [3.8, 4) is 0 Å². The van der Waals surface area contributed by atoms with Crippen molar-refractivity contribution in [3.63, 3.8) is 0 Å². The van der Waals surface area contributed by atoms with Crippen LogP contribution in [0.1, 0.15) is 0 Å². The molecule has 10 heteroatoms. The summed E-state index contributed by atoms with van der Waals surface area (Å²) in [5, 5.41) is 10.9. The van der Waals surface area contributed by atoms with E-state index >= 15 is 0 Å². The minimum atomic E-state index is -3.75. The van der Waals surface area contributed by atoms with E-state index in [1.54, 1.807) is 0 Å². The number of sulfonamides is 1. The van der Waals surface area contributed by atoms with E-state index in [0.717, 1.165) is 10.4 Å². The van der Waals surface area contributed by atoms with Crippen LogP contribution < -0.4 is 11.3 Å². The van der Waals surface area contributed by atoms with Gasteiger partial charge in [-0.15, -0.1) is 0 Å². The summed E-state index contributed by atoms with van der Waals surface area (Å²) in [5.41, 5.74) is 1.84. The highest BCUT2D eigenvalue weighted by Crippen LogP contribution is 2.27. The van der Waals surface area contributed by atoms with Crippen molar-refractivity contribution in [3.05, 3.63) is 28.3 Å². The van der Waals surface area contributed by atoms with Crippen molar-refractivity contribution in [2.75, 3.05) is 31.0 Å². The van der Waals surface area contributed by atoms with Gasteiger partial charge in [0, 0.05) is 25.4 Å². The molecule has 0 amide bonds. The number of benzene rings is 1. The van der Waals surface area contributed by atoms with Crippen LogP contribution in [-0.2, 0) is 10.0 Å². The number of nitrogen functional groups attached to an aromatic ring is 1. The average molecular weight is 320 g/mol. The molecule has 8 nitrogen and oxygen atoms in total. The first-order chi connectivity index (χ1) is 9.34. The van der Waals surface area contributed by atoms with Crippen LogP contribution in [0.15, 0.2) is 23.1 Å². The molecule has 0 aliphatic carbocycles. The standard InChI is InChI=1S/C10H16N4O4S2/c1-13(5-6-19-2)20(17,18)8-3-4-9(12-11)10(7-8)14(15)16/h3-4,7,12H,5-6,11H2,1-2H3. The number of hydrazine groups is 1. The maximum absolute atomic E-state index is 12.3. The number of rotatable bonds is 7. The first-order valence-corrected chi connectivity index (χ1v) is 8.38. The van der Waals surface area contributed by atoms with Crippen LogP contribution in [0.5, 0.6) is 0 Å². The minimum Gasteiger partial charge on any atom is -0.318 e. The molecule has 0 aliphatic rings. The Bertz CT molecular complexity index is 591. The van der Waals surface area contributed by atoms with Crippen LogP contribution in [0, 0.1) is 10.1 Å². The van der Waals surface area contributed by atoms with Gasteiger partial charge in [-0.25, -0.2) is 12.7 Å². The topological polar surface area (TPSA) is 119 Å². The molecule has 0 spiro atoms. The van der Waals surface area contributed by atoms with Crippen LogP contribution >= 0.6 is 11.8 Å². The van der Waals surface area contributed by atoms with Gasteiger partial charge in [0.25, 0.3) is 5.69 Å². The summed E-state index contributed by atoms with van der Waals surface area (Å²) in [6, 6.07) is 3.56. The number of nitro benzene ring substituents is 1. The van der Waals surface area contributed by atoms with Gasteiger partial charge < -0.3 is 5.43 Å². The maximum atomic E-state index is 12.3. The van der Waals surface area contributed by atoms with Crippen molar-refractivity contribution >= 4 is 33.2 Å². The van der Waals surface area contributed by atoms with Crippen LogP contribution in [0.25, 0.3) is 0 Å². The molecule has 1 rings (SSSR count). The third kappa shape index (κ3) is 3.60. The summed E-state index contributed by atoms with van der Waals surface area (Å²) in [7, 11) is -2.31.